The molecule has 0 heterocycles. The lowest BCUT2D eigenvalue weighted by Crippen LogP contribution is -1.91. The Hall–Kier alpha value is -1.55. The van der Waals surface area contributed by atoms with Crippen LogP contribution >= 0.6 is 11.8 Å². The minimum absolute atomic E-state index is 0.346. The van der Waals surface area contributed by atoms with Crippen molar-refractivity contribution in [1.29, 1.82) is 0 Å². The molecule has 0 aliphatic carbocycles. The molecule has 0 spiro atoms. The number of anilines is 1. The van der Waals surface area contributed by atoms with Crippen LogP contribution in [0.5, 0.6) is 0 Å². The smallest absolute Gasteiger partial charge is 0.127 e. The molecular weight excluding hydrogens is 240 g/mol. The van der Waals surface area contributed by atoms with Gasteiger partial charge in [0.15, 0.2) is 0 Å². The molecule has 0 saturated heterocycles. The van der Waals surface area contributed by atoms with E-state index in [-0.39, 0.29) is 0 Å². The van der Waals surface area contributed by atoms with E-state index in [1.807, 2.05) is 18.2 Å². The maximum absolute atomic E-state index is 13.4. The Morgan fingerprint density at radius 1 is 1.06 bits per heavy atom. The number of hydrogen-bond acceptors (Lipinski definition) is 2. The summed E-state index contributed by atoms with van der Waals surface area (Å²) < 4.78 is 26.3. The van der Waals surface area contributed by atoms with Crippen molar-refractivity contribution < 1.29 is 8.78 Å². The van der Waals surface area contributed by atoms with E-state index in [9.17, 15) is 8.78 Å². The zero-order valence-corrected chi connectivity index (χ0v) is 9.81. The fourth-order valence-corrected chi connectivity index (χ4v) is 2.36. The summed E-state index contributed by atoms with van der Waals surface area (Å²) in [5.41, 5.74) is 6.76. The van der Waals surface area contributed by atoms with Gasteiger partial charge in [0.1, 0.15) is 11.6 Å². The predicted molar refractivity (Wildman–Crippen MR) is 66.8 cm³/mol. The normalized spacial score (nSPS) is 10.5. The van der Waals surface area contributed by atoms with Gasteiger partial charge in [0.05, 0.1) is 0 Å². The van der Waals surface area contributed by atoms with Crippen LogP contribution in [0.15, 0.2) is 47.4 Å². The molecular formula is C13H11F2NS. The first-order chi connectivity index (χ1) is 8.16. The summed E-state index contributed by atoms with van der Waals surface area (Å²) >= 11 is 1.39. The number of rotatable bonds is 3. The van der Waals surface area contributed by atoms with Gasteiger partial charge in [-0.15, -0.1) is 11.8 Å². The second kappa shape index (κ2) is 5.19. The largest absolute Gasteiger partial charge is 0.398 e. The molecule has 0 atom stereocenters. The highest BCUT2D eigenvalue weighted by Crippen LogP contribution is 2.28. The first-order valence-corrected chi connectivity index (χ1v) is 6.06. The predicted octanol–water partition coefficient (Wildman–Crippen LogP) is 3.84. The topological polar surface area (TPSA) is 26.0 Å². The van der Waals surface area contributed by atoms with Gasteiger partial charge < -0.3 is 5.73 Å². The molecule has 0 radical (unpaired) electrons. The minimum Gasteiger partial charge on any atom is -0.398 e. The van der Waals surface area contributed by atoms with Gasteiger partial charge in [0, 0.05) is 21.9 Å². The third-order valence-corrected chi connectivity index (χ3v) is 3.45. The van der Waals surface area contributed by atoms with Crippen LogP contribution in [0.2, 0.25) is 0 Å². The molecule has 0 aromatic heterocycles. The Balaban J connectivity index is 2.12. The highest BCUT2D eigenvalue weighted by Gasteiger charge is 2.05. The van der Waals surface area contributed by atoms with Crippen molar-refractivity contribution in [2.75, 3.05) is 5.73 Å². The lowest BCUT2D eigenvalue weighted by molar-refractivity contribution is 0.591. The van der Waals surface area contributed by atoms with Crippen LogP contribution < -0.4 is 5.73 Å². The maximum atomic E-state index is 13.4. The van der Waals surface area contributed by atoms with Crippen LogP contribution in [0.4, 0.5) is 14.5 Å². The van der Waals surface area contributed by atoms with E-state index in [0.717, 1.165) is 17.0 Å². The Labute approximate surface area is 103 Å². The van der Waals surface area contributed by atoms with Crippen molar-refractivity contribution >= 4 is 17.4 Å². The van der Waals surface area contributed by atoms with Gasteiger partial charge in [0.2, 0.25) is 0 Å². The Morgan fingerprint density at radius 2 is 1.82 bits per heavy atom. The van der Waals surface area contributed by atoms with Crippen LogP contribution in [0, 0.1) is 11.6 Å². The number of thioether (sulfide) groups is 1. The van der Waals surface area contributed by atoms with Gasteiger partial charge in [-0.25, -0.2) is 8.78 Å². The lowest BCUT2D eigenvalue weighted by Gasteiger charge is -2.06. The number of benzene rings is 2. The summed E-state index contributed by atoms with van der Waals surface area (Å²) in [6.07, 6.45) is 0. The average molecular weight is 251 g/mol. The molecule has 0 bridgehead atoms. The molecule has 0 fully saturated rings. The summed E-state index contributed by atoms with van der Waals surface area (Å²) in [4.78, 5) is 0.871. The van der Waals surface area contributed by atoms with Gasteiger partial charge in [-0.3, -0.25) is 0 Å². The van der Waals surface area contributed by atoms with E-state index in [4.69, 9.17) is 5.73 Å². The SMILES string of the molecule is Nc1ccccc1SCc1cc(F)ccc1F. The fraction of sp³-hybridized carbons (Fsp3) is 0.0769. The van der Waals surface area contributed by atoms with Crippen LogP contribution in [-0.2, 0) is 5.75 Å². The van der Waals surface area contributed by atoms with Crippen molar-refractivity contribution in [2.45, 2.75) is 10.6 Å². The van der Waals surface area contributed by atoms with Crippen molar-refractivity contribution in [3.05, 3.63) is 59.7 Å². The maximum Gasteiger partial charge on any atom is 0.127 e. The quantitative estimate of drug-likeness (QED) is 0.662. The molecule has 17 heavy (non-hydrogen) atoms. The van der Waals surface area contributed by atoms with Crippen molar-refractivity contribution in [3.63, 3.8) is 0 Å². The van der Waals surface area contributed by atoms with E-state index >= 15 is 0 Å². The second-order valence-corrected chi connectivity index (χ2v) is 4.58. The molecule has 2 rings (SSSR count). The summed E-state index contributed by atoms with van der Waals surface area (Å²) in [6, 6.07) is 10.8. The van der Waals surface area contributed by atoms with E-state index in [0.29, 0.717) is 17.0 Å². The van der Waals surface area contributed by atoms with E-state index in [1.54, 1.807) is 6.07 Å². The van der Waals surface area contributed by atoms with Gasteiger partial charge in [0.25, 0.3) is 0 Å². The first-order valence-electron chi connectivity index (χ1n) is 5.08. The average Bonchev–Trinajstić information content (AvgIpc) is 2.32. The number of nitrogen functional groups attached to an aromatic ring is 1. The van der Waals surface area contributed by atoms with Crippen molar-refractivity contribution in [3.8, 4) is 0 Å². The Kier molecular flexibility index (Phi) is 3.64. The Bertz CT molecular complexity index is 529. The molecule has 4 heteroatoms. The molecule has 2 N–H and O–H groups in total. The standard InChI is InChI=1S/C13H11F2NS/c14-10-5-6-11(15)9(7-10)8-17-13-4-2-1-3-12(13)16/h1-7H,8,16H2. The molecule has 0 aliphatic heterocycles. The fourth-order valence-electron chi connectivity index (χ4n) is 1.42. The summed E-state index contributed by atoms with van der Waals surface area (Å²) in [7, 11) is 0. The monoisotopic (exact) mass is 251 g/mol. The molecule has 0 saturated carbocycles. The van der Waals surface area contributed by atoms with Gasteiger partial charge in [-0.2, -0.15) is 0 Å². The summed E-state index contributed by atoms with van der Waals surface area (Å²) in [6.45, 7) is 0. The summed E-state index contributed by atoms with van der Waals surface area (Å²) in [5.74, 6) is -0.464. The van der Waals surface area contributed by atoms with E-state index in [2.05, 4.69) is 0 Å². The van der Waals surface area contributed by atoms with Crippen molar-refractivity contribution in [2.24, 2.45) is 0 Å². The summed E-state index contributed by atoms with van der Waals surface area (Å²) in [5, 5.41) is 0. The number of nitrogens with two attached hydrogens (primary N) is 1. The van der Waals surface area contributed by atoms with Gasteiger partial charge in [-0.1, -0.05) is 12.1 Å². The second-order valence-electron chi connectivity index (χ2n) is 3.56. The molecule has 88 valence electrons. The Morgan fingerprint density at radius 3 is 2.59 bits per heavy atom. The number of hydrogen-bond donors (Lipinski definition) is 1. The van der Waals surface area contributed by atoms with Gasteiger partial charge >= 0.3 is 0 Å². The highest BCUT2D eigenvalue weighted by atomic mass is 32.2. The van der Waals surface area contributed by atoms with Crippen LogP contribution in [0.1, 0.15) is 5.56 Å². The zero-order valence-electron chi connectivity index (χ0n) is 8.99. The van der Waals surface area contributed by atoms with E-state index < -0.39 is 11.6 Å². The van der Waals surface area contributed by atoms with Crippen molar-refractivity contribution in [1.82, 2.24) is 0 Å². The molecule has 0 aliphatic rings. The van der Waals surface area contributed by atoms with E-state index in [1.165, 1.54) is 17.8 Å². The van der Waals surface area contributed by atoms with Gasteiger partial charge in [-0.05, 0) is 30.3 Å². The first kappa shape index (κ1) is 11.9. The molecule has 1 nitrogen and oxygen atoms in total. The lowest BCUT2D eigenvalue weighted by atomic mass is 10.2. The molecule has 2 aromatic rings. The van der Waals surface area contributed by atoms with Crippen LogP contribution in [0.3, 0.4) is 0 Å². The third-order valence-electron chi connectivity index (χ3n) is 2.31. The van der Waals surface area contributed by atoms with Crippen LogP contribution in [0.25, 0.3) is 0 Å². The minimum atomic E-state index is -0.428. The highest BCUT2D eigenvalue weighted by molar-refractivity contribution is 7.98. The number of halogens is 2. The zero-order chi connectivity index (χ0) is 12.3. The molecule has 0 amide bonds. The number of para-hydroxylation sites is 1. The van der Waals surface area contributed by atoms with Crippen LogP contribution in [-0.4, -0.2) is 0 Å². The molecule has 0 unspecified atom stereocenters. The molecule has 2 aromatic carbocycles. The third kappa shape index (κ3) is 2.97.